The second-order valence-electron chi connectivity index (χ2n) is 7.40. The van der Waals surface area contributed by atoms with Gasteiger partial charge < -0.3 is 4.90 Å². The van der Waals surface area contributed by atoms with Gasteiger partial charge in [-0.3, -0.25) is 9.78 Å². The maximum Gasteiger partial charge on any atom is 0.256 e. The lowest BCUT2D eigenvalue weighted by Gasteiger charge is -2.56. The van der Waals surface area contributed by atoms with E-state index in [-0.39, 0.29) is 17.4 Å². The average Bonchev–Trinajstić information content (AvgIpc) is 3.18. The highest BCUT2D eigenvalue weighted by Crippen LogP contribution is 2.56. The molecule has 2 aromatic carbocycles. The second kappa shape index (κ2) is 5.80. The molecule has 3 aromatic rings. The number of hydrogen-bond donors (Lipinski definition) is 0. The fourth-order valence-corrected chi connectivity index (χ4v) is 4.61. The predicted octanol–water partition coefficient (Wildman–Crippen LogP) is 4.77. The van der Waals surface area contributed by atoms with E-state index in [9.17, 15) is 4.79 Å². The van der Waals surface area contributed by atoms with Crippen LogP contribution >= 0.6 is 0 Å². The maximum atomic E-state index is 13.4. The van der Waals surface area contributed by atoms with E-state index in [1.807, 2.05) is 41.4 Å². The Labute approximate surface area is 153 Å². The Balaban J connectivity index is 1.55. The standard InChI is InChI=1S/C23H20N2O/c26-22(20-15-24-14-18-10-4-5-11-19(18)20)25-16-23(12-6-7-13-23)21(25)17-8-2-1-3-9-17/h1-11,14-15,21H,12-13,16H2. The van der Waals surface area contributed by atoms with Crippen molar-refractivity contribution in [3.63, 3.8) is 0 Å². The Bertz CT molecular complexity index is 996. The summed E-state index contributed by atoms with van der Waals surface area (Å²) in [5, 5.41) is 1.98. The number of pyridine rings is 1. The van der Waals surface area contributed by atoms with E-state index in [1.54, 1.807) is 6.20 Å². The van der Waals surface area contributed by atoms with Gasteiger partial charge in [-0.15, -0.1) is 0 Å². The van der Waals surface area contributed by atoms with Crippen molar-refractivity contribution in [3.8, 4) is 0 Å². The van der Waals surface area contributed by atoms with Crippen LogP contribution < -0.4 is 0 Å². The monoisotopic (exact) mass is 340 g/mol. The Morgan fingerprint density at radius 3 is 2.50 bits per heavy atom. The van der Waals surface area contributed by atoms with Gasteiger partial charge >= 0.3 is 0 Å². The van der Waals surface area contributed by atoms with E-state index in [4.69, 9.17) is 0 Å². The van der Waals surface area contributed by atoms with Gasteiger partial charge in [-0.25, -0.2) is 0 Å². The maximum absolute atomic E-state index is 13.4. The summed E-state index contributed by atoms with van der Waals surface area (Å²) in [4.78, 5) is 19.8. The largest absolute Gasteiger partial charge is 0.330 e. The average molecular weight is 340 g/mol. The molecule has 1 spiro atoms. The minimum atomic E-state index is 0.0840. The molecule has 26 heavy (non-hydrogen) atoms. The molecule has 0 N–H and O–H groups in total. The van der Waals surface area contributed by atoms with Crippen LogP contribution in [0, 0.1) is 5.41 Å². The van der Waals surface area contributed by atoms with Crippen LogP contribution in [0.5, 0.6) is 0 Å². The molecule has 128 valence electrons. The number of likely N-dealkylation sites (tertiary alicyclic amines) is 1. The molecule has 1 unspecified atom stereocenters. The Morgan fingerprint density at radius 1 is 0.962 bits per heavy atom. The zero-order chi connectivity index (χ0) is 17.6. The SMILES string of the molecule is O=C(c1cncc2ccccc12)N1CC2(CC=CC2)C1c1ccccc1. The molecular formula is C23H20N2O. The zero-order valence-electron chi connectivity index (χ0n) is 14.5. The van der Waals surface area contributed by atoms with Crippen molar-refractivity contribution in [1.29, 1.82) is 0 Å². The lowest BCUT2D eigenvalue weighted by Crippen LogP contribution is -2.59. The molecule has 3 nitrogen and oxygen atoms in total. The highest BCUT2D eigenvalue weighted by Gasteiger charge is 2.55. The Morgan fingerprint density at radius 2 is 1.69 bits per heavy atom. The number of aromatic nitrogens is 1. The number of amides is 1. The minimum absolute atomic E-state index is 0.0840. The molecule has 1 amide bonds. The van der Waals surface area contributed by atoms with Crippen LogP contribution in [0.4, 0.5) is 0 Å². The predicted molar refractivity (Wildman–Crippen MR) is 103 cm³/mol. The van der Waals surface area contributed by atoms with Crippen LogP contribution in [0.2, 0.25) is 0 Å². The van der Waals surface area contributed by atoms with Gasteiger partial charge in [-0.2, -0.15) is 0 Å². The van der Waals surface area contributed by atoms with Crippen LogP contribution in [0.15, 0.2) is 79.1 Å². The highest BCUT2D eigenvalue weighted by atomic mass is 16.2. The molecule has 1 saturated heterocycles. The van der Waals surface area contributed by atoms with Gasteiger partial charge in [-0.05, 0) is 23.8 Å². The highest BCUT2D eigenvalue weighted by molar-refractivity contribution is 6.07. The summed E-state index contributed by atoms with van der Waals surface area (Å²) in [6, 6.07) is 18.5. The first-order chi connectivity index (χ1) is 12.8. The minimum Gasteiger partial charge on any atom is -0.330 e. The van der Waals surface area contributed by atoms with E-state index in [2.05, 4.69) is 41.4 Å². The van der Waals surface area contributed by atoms with Crippen molar-refractivity contribution in [1.82, 2.24) is 9.88 Å². The third kappa shape index (κ3) is 2.20. The molecule has 1 aliphatic heterocycles. The van der Waals surface area contributed by atoms with Crippen molar-refractivity contribution in [2.75, 3.05) is 6.54 Å². The number of allylic oxidation sites excluding steroid dienone is 2. The summed E-state index contributed by atoms with van der Waals surface area (Å²) in [6.45, 7) is 0.807. The van der Waals surface area contributed by atoms with Gasteiger partial charge in [0.25, 0.3) is 5.91 Å². The topological polar surface area (TPSA) is 33.2 Å². The van der Waals surface area contributed by atoms with E-state index in [1.165, 1.54) is 5.56 Å². The third-order valence-electron chi connectivity index (χ3n) is 5.87. The number of carbonyl (C=O) groups excluding carboxylic acids is 1. The van der Waals surface area contributed by atoms with Crippen molar-refractivity contribution in [2.45, 2.75) is 18.9 Å². The number of carbonyl (C=O) groups is 1. The number of benzene rings is 2. The summed E-state index contributed by atoms with van der Waals surface area (Å²) in [5.41, 5.74) is 2.09. The number of nitrogens with zero attached hydrogens (tertiary/aromatic N) is 2. The third-order valence-corrected chi connectivity index (χ3v) is 5.87. The molecular weight excluding hydrogens is 320 g/mol. The summed E-state index contributed by atoms with van der Waals surface area (Å²) in [5.74, 6) is 0.0840. The van der Waals surface area contributed by atoms with Gasteiger partial charge in [0.15, 0.2) is 0 Å². The van der Waals surface area contributed by atoms with Gasteiger partial charge in [0, 0.05) is 29.7 Å². The van der Waals surface area contributed by atoms with Crippen LogP contribution in [0.3, 0.4) is 0 Å². The normalized spacial score (nSPS) is 20.5. The lowest BCUT2D eigenvalue weighted by molar-refractivity contribution is -0.0473. The molecule has 0 bridgehead atoms. The molecule has 1 aromatic heterocycles. The smallest absolute Gasteiger partial charge is 0.256 e. The summed E-state index contributed by atoms with van der Waals surface area (Å²) >= 11 is 0. The molecule has 1 fully saturated rings. The molecule has 3 heteroatoms. The quantitative estimate of drug-likeness (QED) is 0.630. The summed E-state index contributed by atoms with van der Waals surface area (Å²) in [7, 11) is 0. The Hall–Kier alpha value is -2.94. The first kappa shape index (κ1) is 15.3. The molecule has 0 saturated carbocycles. The second-order valence-corrected chi connectivity index (χ2v) is 7.40. The number of fused-ring (bicyclic) bond motifs is 1. The van der Waals surface area contributed by atoms with E-state index in [0.717, 1.165) is 30.2 Å². The molecule has 1 atom stereocenters. The van der Waals surface area contributed by atoms with E-state index in [0.29, 0.717) is 5.56 Å². The van der Waals surface area contributed by atoms with Crippen molar-refractivity contribution < 1.29 is 4.79 Å². The van der Waals surface area contributed by atoms with Crippen molar-refractivity contribution in [3.05, 3.63) is 90.3 Å². The first-order valence-electron chi connectivity index (χ1n) is 9.12. The molecule has 2 heterocycles. The van der Waals surface area contributed by atoms with Gasteiger partial charge in [0.05, 0.1) is 11.6 Å². The number of rotatable bonds is 2. The lowest BCUT2D eigenvalue weighted by atomic mass is 9.66. The fourth-order valence-electron chi connectivity index (χ4n) is 4.61. The molecule has 1 aliphatic carbocycles. The van der Waals surface area contributed by atoms with Crippen LogP contribution in [0.1, 0.15) is 34.8 Å². The summed E-state index contributed by atoms with van der Waals surface area (Å²) < 4.78 is 0. The van der Waals surface area contributed by atoms with Crippen molar-refractivity contribution in [2.24, 2.45) is 5.41 Å². The van der Waals surface area contributed by atoms with Crippen molar-refractivity contribution >= 4 is 16.7 Å². The summed E-state index contributed by atoms with van der Waals surface area (Å²) in [6.07, 6.45) is 10.1. The first-order valence-corrected chi connectivity index (χ1v) is 9.12. The van der Waals surface area contributed by atoms with Gasteiger partial charge in [-0.1, -0.05) is 66.7 Å². The van der Waals surface area contributed by atoms with E-state index >= 15 is 0 Å². The molecule has 5 rings (SSSR count). The van der Waals surface area contributed by atoms with Crippen LogP contribution in [0.25, 0.3) is 10.8 Å². The van der Waals surface area contributed by atoms with Gasteiger partial charge in [0.2, 0.25) is 0 Å². The van der Waals surface area contributed by atoms with Crippen LogP contribution in [-0.4, -0.2) is 22.3 Å². The van der Waals surface area contributed by atoms with Crippen LogP contribution in [-0.2, 0) is 0 Å². The van der Waals surface area contributed by atoms with Gasteiger partial charge in [0.1, 0.15) is 0 Å². The van der Waals surface area contributed by atoms with E-state index < -0.39 is 0 Å². The Kier molecular flexibility index (Phi) is 3.42. The molecule has 0 radical (unpaired) electrons. The zero-order valence-corrected chi connectivity index (χ0v) is 14.5. The molecule has 2 aliphatic rings. The number of hydrogen-bond acceptors (Lipinski definition) is 2. The fraction of sp³-hybridized carbons (Fsp3) is 0.217.